The molecule has 1 aliphatic carbocycles. The van der Waals surface area contributed by atoms with Gasteiger partial charge in [-0.05, 0) is 26.2 Å². The number of rotatable bonds is 9. The molecule has 0 aromatic carbocycles. The molecule has 1 saturated carbocycles. The summed E-state index contributed by atoms with van der Waals surface area (Å²) in [5.41, 5.74) is 0. The molecule has 0 aromatic rings. The van der Waals surface area contributed by atoms with E-state index in [0.29, 0.717) is 19.0 Å². The van der Waals surface area contributed by atoms with Crippen LogP contribution in [0.4, 0.5) is 0 Å². The second kappa shape index (κ2) is 10.5. The highest BCUT2D eigenvalue weighted by molar-refractivity contribution is 5.81. The summed E-state index contributed by atoms with van der Waals surface area (Å²) >= 11 is 0. The second-order valence-corrected chi connectivity index (χ2v) is 6.66. The molecule has 0 aromatic heterocycles. The highest BCUT2D eigenvalue weighted by Gasteiger charge is 2.22. The van der Waals surface area contributed by atoms with Gasteiger partial charge >= 0.3 is 0 Å². The van der Waals surface area contributed by atoms with Crippen LogP contribution < -0.4 is 16.0 Å². The van der Waals surface area contributed by atoms with Gasteiger partial charge in [-0.25, -0.2) is 0 Å². The van der Waals surface area contributed by atoms with Crippen molar-refractivity contribution >= 4 is 11.9 Å². The number of carbonyl (C=O) groups excluding carboxylic acids is 1. The van der Waals surface area contributed by atoms with Crippen molar-refractivity contribution in [3.8, 4) is 0 Å². The predicted octanol–water partition coefficient (Wildman–Crippen LogP) is 0.321. The molecule has 7 nitrogen and oxygen atoms in total. The zero-order valence-corrected chi connectivity index (χ0v) is 15.1. The summed E-state index contributed by atoms with van der Waals surface area (Å²) in [5, 5.41) is 9.69. The zero-order chi connectivity index (χ0) is 17.2. The van der Waals surface area contributed by atoms with E-state index in [1.54, 1.807) is 0 Å². The molecule has 1 atom stereocenters. The van der Waals surface area contributed by atoms with Crippen LogP contribution in [0.15, 0.2) is 4.99 Å². The van der Waals surface area contributed by atoms with Crippen molar-refractivity contribution in [2.75, 3.05) is 45.9 Å². The molecule has 2 rings (SSSR count). The van der Waals surface area contributed by atoms with Crippen LogP contribution in [0.5, 0.6) is 0 Å². The molecule has 1 aliphatic heterocycles. The normalized spacial score (nSPS) is 20.5. The molecule has 2 aliphatic rings. The minimum Gasteiger partial charge on any atom is -0.379 e. The van der Waals surface area contributed by atoms with Crippen LogP contribution in [0.1, 0.15) is 39.5 Å². The van der Waals surface area contributed by atoms with Crippen LogP contribution >= 0.6 is 0 Å². The van der Waals surface area contributed by atoms with Gasteiger partial charge in [0.05, 0.1) is 19.8 Å². The number of ether oxygens (including phenoxy) is 1. The van der Waals surface area contributed by atoms with E-state index in [1.165, 1.54) is 12.8 Å². The summed E-state index contributed by atoms with van der Waals surface area (Å²) in [5.74, 6) is 0.929. The molecule has 1 heterocycles. The Morgan fingerprint density at radius 1 is 1.33 bits per heavy atom. The Kier molecular flexibility index (Phi) is 8.32. The van der Waals surface area contributed by atoms with Crippen molar-refractivity contribution < 1.29 is 9.53 Å². The fourth-order valence-electron chi connectivity index (χ4n) is 2.45. The molecular weight excluding hydrogens is 306 g/mol. The van der Waals surface area contributed by atoms with E-state index in [9.17, 15) is 4.79 Å². The first-order chi connectivity index (χ1) is 11.7. The lowest BCUT2D eigenvalue weighted by Gasteiger charge is -2.25. The van der Waals surface area contributed by atoms with E-state index >= 15 is 0 Å². The van der Waals surface area contributed by atoms with Crippen LogP contribution in [0.2, 0.25) is 0 Å². The van der Waals surface area contributed by atoms with E-state index in [2.05, 4.69) is 32.8 Å². The molecule has 24 heavy (non-hydrogen) atoms. The molecule has 3 N–H and O–H groups in total. The monoisotopic (exact) mass is 339 g/mol. The molecular formula is C17H33N5O2. The molecule has 0 radical (unpaired) electrons. The van der Waals surface area contributed by atoms with E-state index < -0.39 is 0 Å². The molecule has 0 unspecified atom stereocenters. The van der Waals surface area contributed by atoms with E-state index in [-0.39, 0.29) is 11.9 Å². The Hall–Kier alpha value is -1.34. The fraction of sp³-hybridized carbons (Fsp3) is 0.882. The zero-order valence-electron chi connectivity index (χ0n) is 15.1. The molecule has 7 heteroatoms. The second-order valence-electron chi connectivity index (χ2n) is 6.66. The lowest BCUT2D eigenvalue weighted by molar-refractivity contribution is -0.121. The van der Waals surface area contributed by atoms with Crippen molar-refractivity contribution in [1.82, 2.24) is 20.9 Å². The van der Waals surface area contributed by atoms with E-state index in [4.69, 9.17) is 4.74 Å². The maximum absolute atomic E-state index is 11.8. The first-order valence-corrected chi connectivity index (χ1v) is 9.31. The van der Waals surface area contributed by atoms with Gasteiger partial charge in [0.25, 0.3) is 0 Å². The van der Waals surface area contributed by atoms with Gasteiger partial charge in [-0.15, -0.1) is 0 Å². The average Bonchev–Trinajstić information content (AvgIpc) is 3.39. The number of guanidine groups is 1. The van der Waals surface area contributed by atoms with Crippen LogP contribution in [0.25, 0.3) is 0 Å². The average molecular weight is 339 g/mol. The van der Waals surface area contributed by atoms with Crippen molar-refractivity contribution in [2.45, 2.75) is 51.6 Å². The van der Waals surface area contributed by atoms with Gasteiger partial charge in [0.2, 0.25) is 5.91 Å². The lowest BCUT2D eigenvalue weighted by Crippen LogP contribution is -2.42. The van der Waals surface area contributed by atoms with Crippen LogP contribution in [0, 0.1) is 0 Å². The Labute approximate surface area is 145 Å². The van der Waals surface area contributed by atoms with Crippen molar-refractivity contribution in [3.63, 3.8) is 0 Å². The molecule has 138 valence electrons. The van der Waals surface area contributed by atoms with Crippen LogP contribution in [-0.2, 0) is 9.53 Å². The summed E-state index contributed by atoms with van der Waals surface area (Å²) in [6.07, 6.45) is 3.84. The molecule has 1 amide bonds. The van der Waals surface area contributed by atoms with Crippen molar-refractivity contribution in [3.05, 3.63) is 0 Å². The first-order valence-electron chi connectivity index (χ1n) is 9.31. The van der Waals surface area contributed by atoms with Gasteiger partial charge in [-0.2, -0.15) is 0 Å². The molecule has 1 saturated heterocycles. The topological polar surface area (TPSA) is 78.0 Å². The SMILES string of the molecule is CC[C@@H](C)NC(=O)CCNC(=NCCN1CCOCC1)NC1CC1. The van der Waals surface area contributed by atoms with Gasteiger partial charge in [-0.3, -0.25) is 14.7 Å². The third kappa shape index (κ3) is 7.97. The number of amides is 1. The van der Waals surface area contributed by atoms with Gasteiger partial charge in [0.15, 0.2) is 5.96 Å². The van der Waals surface area contributed by atoms with Crippen LogP contribution in [0.3, 0.4) is 0 Å². The Balaban J connectivity index is 1.67. The maximum Gasteiger partial charge on any atom is 0.221 e. The highest BCUT2D eigenvalue weighted by atomic mass is 16.5. The summed E-state index contributed by atoms with van der Waals surface area (Å²) in [6, 6.07) is 0.789. The summed E-state index contributed by atoms with van der Waals surface area (Å²) in [7, 11) is 0. The van der Waals surface area contributed by atoms with E-state index in [0.717, 1.165) is 51.8 Å². The number of carbonyl (C=O) groups is 1. The first kappa shape index (κ1) is 19.0. The number of morpholine rings is 1. The fourth-order valence-corrected chi connectivity index (χ4v) is 2.45. The minimum atomic E-state index is 0.0935. The Morgan fingerprint density at radius 2 is 2.08 bits per heavy atom. The molecule has 0 spiro atoms. The highest BCUT2D eigenvalue weighted by Crippen LogP contribution is 2.18. The standard InChI is InChI=1S/C17H33N5O2/c1-3-14(2)20-16(23)6-7-18-17(21-15-4-5-15)19-8-9-22-10-12-24-13-11-22/h14-15H,3-13H2,1-2H3,(H,20,23)(H2,18,19,21)/t14-/m1/s1. The smallest absolute Gasteiger partial charge is 0.221 e. The van der Waals surface area contributed by atoms with Crippen molar-refractivity contribution in [1.29, 1.82) is 0 Å². The van der Waals surface area contributed by atoms with Crippen LogP contribution in [-0.4, -0.2) is 74.8 Å². The molecule has 0 bridgehead atoms. The number of hydrogen-bond donors (Lipinski definition) is 3. The summed E-state index contributed by atoms with van der Waals surface area (Å²) in [6.45, 7) is 10.0. The Morgan fingerprint density at radius 3 is 2.75 bits per heavy atom. The van der Waals surface area contributed by atoms with E-state index in [1.807, 2.05) is 6.92 Å². The van der Waals surface area contributed by atoms with Crippen molar-refractivity contribution in [2.24, 2.45) is 4.99 Å². The maximum atomic E-state index is 11.8. The minimum absolute atomic E-state index is 0.0935. The lowest BCUT2D eigenvalue weighted by atomic mass is 10.2. The quantitative estimate of drug-likeness (QED) is 0.417. The largest absolute Gasteiger partial charge is 0.379 e. The number of hydrogen-bond acceptors (Lipinski definition) is 4. The van der Waals surface area contributed by atoms with Gasteiger partial charge < -0.3 is 20.7 Å². The summed E-state index contributed by atoms with van der Waals surface area (Å²) in [4.78, 5) is 18.8. The molecule has 2 fully saturated rings. The Bertz CT molecular complexity index is 406. The summed E-state index contributed by atoms with van der Waals surface area (Å²) < 4.78 is 5.36. The number of nitrogens with zero attached hydrogens (tertiary/aromatic N) is 2. The number of aliphatic imine (C=N–C) groups is 1. The van der Waals surface area contributed by atoms with Gasteiger partial charge in [0.1, 0.15) is 0 Å². The number of nitrogens with one attached hydrogen (secondary N) is 3. The third-order valence-electron chi connectivity index (χ3n) is 4.37. The predicted molar refractivity (Wildman–Crippen MR) is 96.2 cm³/mol. The van der Waals surface area contributed by atoms with Gasteiger partial charge in [0, 0.05) is 44.7 Å². The van der Waals surface area contributed by atoms with Gasteiger partial charge in [-0.1, -0.05) is 6.92 Å². The third-order valence-corrected chi connectivity index (χ3v) is 4.37.